The molecular formula is C20H18ClNO3S. The Bertz CT molecular complexity index is 923. The van der Waals surface area contributed by atoms with Gasteiger partial charge in [0.15, 0.2) is 11.5 Å². The molecule has 26 heavy (non-hydrogen) atoms. The van der Waals surface area contributed by atoms with Crippen LogP contribution in [0.1, 0.15) is 20.8 Å². The van der Waals surface area contributed by atoms with Crippen LogP contribution < -0.4 is 14.8 Å². The molecule has 0 radical (unpaired) electrons. The van der Waals surface area contributed by atoms with Gasteiger partial charge >= 0.3 is 0 Å². The Labute approximate surface area is 161 Å². The second kappa shape index (κ2) is 8.25. The predicted octanol–water partition coefficient (Wildman–Crippen LogP) is 5.55. The number of benzene rings is 2. The van der Waals surface area contributed by atoms with Crippen LogP contribution in [0.15, 0.2) is 53.9 Å². The topological polar surface area (TPSA) is 47.6 Å². The van der Waals surface area contributed by atoms with Crippen LogP contribution in [0.25, 0.3) is 0 Å². The third-order valence-corrected chi connectivity index (χ3v) is 5.16. The molecule has 1 N–H and O–H groups in total. The molecule has 0 aliphatic carbocycles. The first-order valence-corrected chi connectivity index (χ1v) is 9.23. The summed E-state index contributed by atoms with van der Waals surface area (Å²) in [5.41, 5.74) is 2.57. The summed E-state index contributed by atoms with van der Waals surface area (Å²) in [6.45, 7) is 2.28. The van der Waals surface area contributed by atoms with E-state index in [9.17, 15) is 4.79 Å². The van der Waals surface area contributed by atoms with Gasteiger partial charge in [-0.15, -0.1) is 11.3 Å². The predicted molar refractivity (Wildman–Crippen MR) is 106 cm³/mol. The molecule has 6 heteroatoms. The minimum Gasteiger partial charge on any atom is -0.493 e. The lowest BCUT2D eigenvalue weighted by Gasteiger charge is -2.09. The second-order valence-electron chi connectivity index (χ2n) is 5.68. The van der Waals surface area contributed by atoms with E-state index >= 15 is 0 Å². The molecule has 0 saturated heterocycles. The van der Waals surface area contributed by atoms with E-state index in [0.29, 0.717) is 33.7 Å². The summed E-state index contributed by atoms with van der Waals surface area (Å²) in [5.74, 6) is 1.18. The summed E-state index contributed by atoms with van der Waals surface area (Å²) >= 11 is 7.47. The number of ether oxygens (including phenoxy) is 2. The van der Waals surface area contributed by atoms with Gasteiger partial charge in [-0.25, -0.2) is 0 Å². The van der Waals surface area contributed by atoms with Gasteiger partial charge in [-0.1, -0.05) is 29.8 Å². The van der Waals surface area contributed by atoms with E-state index in [1.54, 1.807) is 13.2 Å². The number of nitrogens with one attached hydrogen (secondary N) is 1. The van der Waals surface area contributed by atoms with E-state index < -0.39 is 0 Å². The Morgan fingerprint density at radius 1 is 1.15 bits per heavy atom. The van der Waals surface area contributed by atoms with Crippen molar-refractivity contribution in [2.45, 2.75) is 13.5 Å². The average molecular weight is 388 g/mol. The highest BCUT2D eigenvalue weighted by molar-refractivity contribution is 7.12. The zero-order valence-corrected chi connectivity index (χ0v) is 16.0. The summed E-state index contributed by atoms with van der Waals surface area (Å²) in [6, 6.07) is 14.7. The molecule has 3 rings (SSSR count). The fourth-order valence-corrected chi connectivity index (χ4v) is 3.31. The van der Waals surface area contributed by atoms with Gasteiger partial charge in [0.2, 0.25) is 0 Å². The number of hydrogen-bond donors (Lipinski definition) is 1. The molecular weight excluding hydrogens is 370 g/mol. The molecule has 0 bridgehead atoms. The molecule has 0 unspecified atom stereocenters. The van der Waals surface area contributed by atoms with E-state index in [0.717, 1.165) is 11.1 Å². The number of hydrogen-bond acceptors (Lipinski definition) is 4. The summed E-state index contributed by atoms with van der Waals surface area (Å²) in [7, 11) is 1.60. The maximum absolute atomic E-state index is 12.4. The van der Waals surface area contributed by atoms with Gasteiger partial charge in [-0.3, -0.25) is 4.79 Å². The Morgan fingerprint density at radius 2 is 1.92 bits per heavy atom. The normalized spacial score (nSPS) is 10.4. The van der Waals surface area contributed by atoms with Crippen molar-refractivity contribution in [3.63, 3.8) is 0 Å². The molecule has 1 heterocycles. The van der Waals surface area contributed by atoms with Crippen molar-refractivity contribution in [3.8, 4) is 11.5 Å². The summed E-state index contributed by atoms with van der Waals surface area (Å²) in [6.07, 6.45) is 0. The van der Waals surface area contributed by atoms with Gasteiger partial charge in [0.1, 0.15) is 6.61 Å². The van der Waals surface area contributed by atoms with Crippen molar-refractivity contribution in [1.82, 2.24) is 0 Å². The van der Waals surface area contributed by atoms with E-state index in [4.69, 9.17) is 21.1 Å². The molecule has 0 atom stereocenters. The first-order chi connectivity index (χ1) is 12.6. The zero-order chi connectivity index (χ0) is 18.5. The number of anilines is 1. The number of carbonyl (C=O) groups excluding carboxylic acids is 1. The number of thiophene rings is 1. The lowest BCUT2D eigenvalue weighted by molar-refractivity contribution is 0.103. The molecule has 1 aromatic heterocycles. The number of carbonyl (C=O) groups is 1. The van der Waals surface area contributed by atoms with E-state index in [1.807, 2.05) is 54.8 Å². The minimum atomic E-state index is -0.168. The zero-order valence-electron chi connectivity index (χ0n) is 14.4. The quantitative estimate of drug-likeness (QED) is 0.603. The van der Waals surface area contributed by atoms with Crippen LogP contribution in [0.2, 0.25) is 5.02 Å². The SMILES string of the molecule is COc1ccccc1OCc1csc(C(=O)Nc2ccc(C)c(Cl)c2)c1. The maximum atomic E-state index is 12.4. The molecule has 4 nitrogen and oxygen atoms in total. The second-order valence-corrected chi connectivity index (χ2v) is 7.00. The fourth-order valence-electron chi connectivity index (χ4n) is 2.33. The van der Waals surface area contributed by atoms with E-state index in [2.05, 4.69) is 5.32 Å². The van der Waals surface area contributed by atoms with Gasteiger partial charge in [0.05, 0.1) is 12.0 Å². The number of aryl methyl sites for hydroxylation is 1. The molecule has 2 aromatic carbocycles. The van der Waals surface area contributed by atoms with Crippen molar-refractivity contribution < 1.29 is 14.3 Å². The summed E-state index contributed by atoms with van der Waals surface area (Å²) < 4.78 is 11.1. The van der Waals surface area contributed by atoms with Crippen LogP contribution in [-0.4, -0.2) is 13.0 Å². The first-order valence-electron chi connectivity index (χ1n) is 7.97. The van der Waals surface area contributed by atoms with Crippen molar-refractivity contribution in [2.75, 3.05) is 12.4 Å². The number of halogens is 1. The molecule has 1 amide bonds. The van der Waals surface area contributed by atoms with Crippen molar-refractivity contribution in [3.05, 3.63) is 74.9 Å². The van der Waals surface area contributed by atoms with Gasteiger partial charge in [0, 0.05) is 16.3 Å². The van der Waals surface area contributed by atoms with Crippen molar-refractivity contribution >= 4 is 34.5 Å². The number of para-hydroxylation sites is 2. The fraction of sp³-hybridized carbons (Fsp3) is 0.150. The smallest absolute Gasteiger partial charge is 0.265 e. The average Bonchev–Trinajstić information content (AvgIpc) is 3.12. The minimum absolute atomic E-state index is 0.168. The number of methoxy groups -OCH3 is 1. The van der Waals surface area contributed by atoms with Crippen LogP contribution in [-0.2, 0) is 6.61 Å². The highest BCUT2D eigenvalue weighted by Gasteiger charge is 2.11. The standard InChI is InChI=1S/C20H18ClNO3S/c1-13-7-8-15(10-16(13)21)22-20(23)19-9-14(12-26-19)11-25-18-6-4-3-5-17(18)24-2/h3-10,12H,11H2,1-2H3,(H,22,23). The van der Waals surface area contributed by atoms with Crippen molar-refractivity contribution in [2.24, 2.45) is 0 Å². The van der Waals surface area contributed by atoms with Crippen LogP contribution >= 0.6 is 22.9 Å². The largest absolute Gasteiger partial charge is 0.493 e. The van der Waals surface area contributed by atoms with Gasteiger partial charge in [-0.2, -0.15) is 0 Å². The summed E-state index contributed by atoms with van der Waals surface area (Å²) in [4.78, 5) is 13.0. The molecule has 0 aliphatic heterocycles. The lowest BCUT2D eigenvalue weighted by atomic mass is 10.2. The van der Waals surface area contributed by atoms with E-state index in [-0.39, 0.29) is 5.91 Å². The maximum Gasteiger partial charge on any atom is 0.265 e. The number of amides is 1. The summed E-state index contributed by atoms with van der Waals surface area (Å²) in [5, 5.41) is 5.39. The Kier molecular flexibility index (Phi) is 5.81. The highest BCUT2D eigenvalue weighted by Crippen LogP contribution is 2.27. The third-order valence-electron chi connectivity index (χ3n) is 3.77. The molecule has 0 aliphatic rings. The molecule has 134 valence electrons. The molecule has 0 spiro atoms. The Hall–Kier alpha value is -2.50. The lowest BCUT2D eigenvalue weighted by Crippen LogP contribution is -2.10. The van der Waals surface area contributed by atoms with Crippen LogP contribution in [0.5, 0.6) is 11.5 Å². The van der Waals surface area contributed by atoms with E-state index in [1.165, 1.54) is 11.3 Å². The van der Waals surface area contributed by atoms with Gasteiger partial charge in [0.25, 0.3) is 5.91 Å². The third kappa shape index (κ3) is 4.36. The van der Waals surface area contributed by atoms with Crippen molar-refractivity contribution in [1.29, 1.82) is 0 Å². The molecule has 3 aromatic rings. The highest BCUT2D eigenvalue weighted by atomic mass is 35.5. The Balaban J connectivity index is 1.63. The monoisotopic (exact) mass is 387 g/mol. The van der Waals surface area contributed by atoms with Crippen LogP contribution in [0, 0.1) is 6.92 Å². The Morgan fingerprint density at radius 3 is 2.65 bits per heavy atom. The van der Waals surface area contributed by atoms with Gasteiger partial charge < -0.3 is 14.8 Å². The molecule has 0 fully saturated rings. The van der Waals surface area contributed by atoms with Crippen LogP contribution in [0.3, 0.4) is 0 Å². The number of rotatable bonds is 6. The first kappa shape index (κ1) is 18.3. The van der Waals surface area contributed by atoms with Crippen LogP contribution in [0.4, 0.5) is 5.69 Å². The molecule has 0 saturated carbocycles. The van der Waals surface area contributed by atoms with Gasteiger partial charge in [-0.05, 0) is 48.2 Å².